The molecule has 0 N–H and O–H groups in total. The molecular weight excluding hydrogens is 566 g/mol. The van der Waals surface area contributed by atoms with Crippen LogP contribution in [0.2, 0.25) is 0 Å². The highest BCUT2D eigenvalue weighted by Gasteiger charge is 2.66. The van der Waals surface area contributed by atoms with E-state index in [-0.39, 0.29) is 24.5 Å². The summed E-state index contributed by atoms with van der Waals surface area (Å²) in [6.45, 7) is 25.4. The van der Waals surface area contributed by atoms with Crippen molar-refractivity contribution in [2.45, 2.75) is 94.4 Å². The van der Waals surface area contributed by atoms with Crippen LogP contribution in [-0.2, 0) is 9.47 Å². The first kappa shape index (κ1) is 33.6. The molecule has 236 valence electrons. The highest BCUT2D eigenvalue weighted by Crippen LogP contribution is 2.70. The van der Waals surface area contributed by atoms with Gasteiger partial charge in [0.1, 0.15) is 0 Å². The third-order valence-electron chi connectivity index (χ3n) is 9.43. The SMILES string of the molecule is CCOC(=O)N1N(C(=O)OCC)[P+](C(C)C)(C(C)C)c2ccccc2[B-]1(c1c(C)cc(C)cc1C)c1c(C)cc(C)cc1C. The molecule has 0 aromatic heterocycles. The van der Waals surface area contributed by atoms with Crippen molar-refractivity contribution in [1.82, 2.24) is 9.70 Å². The van der Waals surface area contributed by atoms with Gasteiger partial charge in [-0.25, -0.2) is 9.59 Å². The first-order valence-corrected chi connectivity index (χ1v) is 17.8. The summed E-state index contributed by atoms with van der Waals surface area (Å²) in [5, 5.41) is 1.14. The predicted molar refractivity (Wildman–Crippen MR) is 187 cm³/mol. The van der Waals surface area contributed by atoms with Crippen LogP contribution in [0.4, 0.5) is 9.59 Å². The third kappa shape index (κ3) is 4.92. The minimum atomic E-state index is -2.65. The lowest BCUT2D eigenvalue weighted by molar-refractivity contribution is 0.0611. The van der Waals surface area contributed by atoms with E-state index in [1.165, 1.54) is 0 Å². The fraction of sp³-hybridized carbons (Fsp3) is 0.444. The Hall–Kier alpha value is -3.31. The van der Waals surface area contributed by atoms with E-state index < -0.39 is 25.9 Å². The van der Waals surface area contributed by atoms with Gasteiger partial charge < -0.3 is 14.4 Å². The Bertz CT molecular complexity index is 1470. The lowest BCUT2D eigenvalue weighted by Gasteiger charge is -2.63. The summed E-state index contributed by atoms with van der Waals surface area (Å²) in [6, 6.07) is 17.3. The summed E-state index contributed by atoms with van der Waals surface area (Å²) in [6.07, 6.45) is -3.37. The molecule has 0 radical (unpaired) electrons. The summed E-state index contributed by atoms with van der Waals surface area (Å²) in [7, 11) is -2.65. The fourth-order valence-electron chi connectivity index (χ4n) is 8.54. The molecule has 8 heteroatoms. The van der Waals surface area contributed by atoms with Crippen LogP contribution in [0.25, 0.3) is 0 Å². The van der Waals surface area contributed by atoms with Crippen molar-refractivity contribution in [3.8, 4) is 0 Å². The Kier molecular flexibility index (Phi) is 9.61. The lowest BCUT2D eigenvalue weighted by atomic mass is 9.21. The molecule has 3 aromatic rings. The second-order valence-electron chi connectivity index (χ2n) is 13.0. The number of amides is 2. The normalized spacial score (nSPS) is 15.4. The molecule has 3 aromatic carbocycles. The number of carbonyl (C=O) groups is 2. The smallest absolute Gasteiger partial charge is 0.451 e. The molecule has 0 bridgehead atoms. The molecule has 4 rings (SSSR count). The molecular formula is C36H50BN2O4P. The molecule has 0 aliphatic carbocycles. The zero-order valence-corrected chi connectivity index (χ0v) is 29.6. The second kappa shape index (κ2) is 12.6. The summed E-state index contributed by atoms with van der Waals surface area (Å²) < 4.78 is 13.7. The van der Waals surface area contributed by atoms with E-state index in [0.717, 1.165) is 55.1 Å². The van der Waals surface area contributed by atoms with E-state index in [4.69, 9.17) is 9.47 Å². The summed E-state index contributed by atoms with van der Waals surface area (Å²) in [5.41, 5.74) is 9.74. The van der Waals surface area contributed by atoms with Crippen LogP contribution >= 0.6 is 7.41 Å². The van der Waals surface area contributed by atoms with Crippen molar-refractivity contribution in [2.24, 2.45) is 0 Å². The number of rotatable bonds is 6. The van der Waals surface area contributed by atoms with E-state index in [2.05, 4.69) is 118 Å². The van der Waals surface area contributed by atoms with Gasteiger partial charge in [0, 0.05) is 0 Å². The summed E-state index contributed by atoms with van der Waals surface area (Å²) in [5.74, 6) is 0. The first-order valence-electron chi connectivity index (χ1n) is 16.0. The van der Waals surface area contributed by atoms with Crippen molar-refractivity contribution in [1.29, 1.82) is 0 Å². The number of carbonyl (C=O) groups excluding carboxylic acids is 2. The van der Waals surface area contributed by atoms with Gasteiger partial charge in [-0.1, -0.05) is 75.8 Å². The van der Waals surface area contributed by atoms with Gasteiger partial charge in [-0.05, 0) is 89.2 Å². The molecule has 0 spiro atoms. The van der Waals surface area contributed by atoms with E-state index in [1.54, 1.807) is 9.70 Å². The molecule has 0 saturated heterocycles. The van der Waals surface area contributed by atoms with Gasteiger partial charge in [-0.15, -0.1) is 10.2 Å². The quantitative estimate of drug-likeness (QED) is 0.228. The fourth-order valence-corrected chi connectivity index (χ4v) is 13.8. The van der Waals surface area contributed by atoms with Crippen LogP contribution in [0.15, 0.2) is 48.5 Å². The standard InChI is InChI=1S/C36H50BN2O4P/c1-13-42-35(40)38-37(33-27(9)19-25(7)20-28(33)10,34-29(11)21-26(8)22-30(34)12)31-17-15-16-18-32(31)44(23(3)4,24(5)6)39(38)36(41)43-14-2/h15-24H,13-14H2,1-12H3. The monoisotopic (exact) mass is 616 g/mol. The molecule has 0 atom stereocenters. The Morgan fingerprint density at radius 2 is 1.11 bits per heavy atom. The Morgan fingerprint density at radius 3 is 1.52 bits per heavy atom. The molecule has 1 aliphatic rings. The van der Waals surface area contributed by atoms with Gasteiger partial charge in [0.25, 0.3) is 0 Å². The number of nitrogens with zero attached hydrogens (tertiary/aromatic N) is 2. The average molecular weight is 617 g/mol. The zero-order chi connectivity index (χ0) is 32.7. The number of fused-ring (bicyclic) bond motifs is 1. The van der Waals surface area contributed by atoms with E-state index >= 15 is 0 Å². The van der Waals surface area contributed by atoms with Crippen LogP contribution < -0.4 is 21.7 Å². The maximum Gasteiger partial charge on any atom is 0.458 e. The third-order valence-corrected chi connectivity index (χ3v) is 14.7. The molecule has 1 heterocycles. The number of ether oxygens (including phenoxy) is 2. The van der Waals surface area contributed by atoms with Crippen molar-refractivity contribution < 1.29 is 19.1 Å². The maximum absolute atomic E-state index is 14.9. The summed E-state index contributed by atoms with van der Waals surface area (Å²) >= 11 is 0. The van der Waals surface area contributed by atoms with E-state index in [0.29, 0.717) is 0 Å². The van der Waals surface area contributed by atoms with Gasteiger partial charge in [-0.2, -0.15) is 10.9 Å². The predicted octanol–water partition coefficient (Wildman–Crippen LogP) is 6.72. The minimum absolute atomic E-state index is 0.0270. The summed E-state index contributed by atoms with van der Waals surface area (Å²) in [4.78, 5) is 31.3. The van der Waals surface area contributed by atoms with Crippen molar-refractivity contribution in [3.63, 3.8) is 0 Å². The lowest BCUT2D eigenvalue weighted by Crippen LogP contribution is -2.88. The number of hydrogen-bond donors (Lipinski definition) is 0. The molecule has 0 unspecified atom stereocenters. The van der Waals surface area contributed by atoms with Crippen molar-refractivity contribution >= 4 is 47.6 Å². The van der Waals surface area contributed by atoms with Gasteiger partial charge in [-0.3, -0.25) is 0 Å². The maximum atomic E-state index is 14.9. The Labute approximate surface area is 265 Å². The number of aryl methyl sites for hydroxylation is 6. The Balaban J connectivity index is 2.46. The van der Waals surface area contributed by atoms with Crippen molar-refractivity contribution in [3.05, 3.63) is 81.9 Å². The topological polar surface area (TPSA) is 59.1 Å². The van der Waals surface area contributed by atoms with Crippen LogP contribution in [0.3, 0.4) is 0 Å². The van der Waals surface area contributed by atoms with Gasteiger partial charge in [0.15, 0.2) is 7.41 Å². The first-order chi connectivity index (χ1) is 20.7. The van der Waals surface area contributed by atoms with Gasteiger partial charge in [0.2, 0.25) is 6.28 Å². The van der Waals surface area contributed by atoms with Gasteiger partial charge >= 0.3 is 12.2 Å². The van der Waals surface area contributed by atoms with Crippen LogP contribution in [0, 0.1) is 41.5 Å². The number of hydrogen-bond acceptors (Lipinski definition) is 4. The van der Waals surface area contributed by atoms with Crippen molar-refractivity contribution in [2.75, 3.05) is 13.2 Å². The minimum Gasteiger partial charge on any atom is -0.451 e. The van der Waals surface area contributed by atoms with Crippen LogP contribution in [0.5, 0.6) is 0 Å². The van der Waals surface area contributed by atoms with Gasteiger partial charge in [0.05, 0.1) is 29.8 Å². The number of hydrazine groups is 1. The molecule has 0 fully saturated rings. The average Bonchev–Trinajstić information content (AvgIpc) is 2.91. The highest BCUT2D eigenvalue weighted by atomic mass is 31.2. The van der Waals surface area contributed by atoms with Crippen LogP contribution in [-0.4, -0.2) is 52.7 Å². The molecule has 0 saturated carbocycles. The van der Waals surface area contributed by atoms with E-state index in [9.17, 15) is 9.59 Å². The van der Waals surface area contributed by atoms with Crippen LogP contribution in [0.1, 0.15) is 74.9 Å². The molecule has 1 aliphatic heterocycles. The molecule has 2 amide bonds. The van der Waals surface area contributed by atoms with E-state index in [1.807, 2.05) is 13.8 Å². The highest BCUT2D eigenvalue weighted by molar-refractivity contribution is 7.83. The number of benzene rings is 3. The Morgan fingerprint density at radius 1 is 0.705 bits per heavy atom. The molecule has 6 nitrogen and oxygen atoms in total. The largest absolute Gasteiger partial charge is 0.458 e. The zero-order valence-electron chi connectivity index (χ0n) is 28.7. The molecule has 44 heavy (non-hydrogen) atoms. The second-order valence-corrected chi connectivity index (χ2v) is 17.4.